The summed E-state index contributed by atoms with van der Waals surface area (Å²) in [7, 11) is 1.33. The van der Waals surface area contributed by atoms with Gasteiger partial charge >= 0.3 is 0 Å². The van der Waals surface area contributed by atoms with Gasteiger partial charge in [0, 0.05) is 12.1 Å². The summed E-state index contributed by atoms with van der Waals surface area (Å²) in [6, 6.07) is 2.14. The maximum Gasteiger partial charge on any atom is 0.168 e. The van der Waals surface area contributed by atoms with Gasteiger partial charge < -0.3 is 15.6 Å². The summed E-state index contributed by atoms with van der Waals surface area (Å²) in [5, 5.41) is 8.90. The van der Waals surface area contributed by atoms with E-state index in [9.17, 15) is 4.39 Å². The van der Waals surface area contributed by atoms with Crippen LogP contribution in [-0.2, 0) is 0 Å². The summed E-state index contributed by atoms with van der Waals surface area (Å²) in [6.45, 7) is 0. The van der Waals surface area contributed by atoms with E-state index in [1.54, 1.807) is 0 Å². The number of halogens is 1. The lowest BCUT2D eigenvalue weighted by molar-refractivity contribution is 0.383. The molecule has 1 aromatic rings. The minimum atomic E-state index is -0.626. The molecular weight excluding hydrogens is 149 g/mol. The van der Waals surface area contributed by atoms with E-state index in [1.165, 1.54) is 13.2 Å². The molecular formula is C7H8FNO2. The Balaban J connectivity index is 3.21. The highest BCUT2D eigenvalue weighted by molar-refractivity contribution is 5.55. The van der Waals surface area contributed by atoms with Crippen molar-refractivity contribution in [3.05, 3.63) is 17.9 Å². The molecule has 0 aliphatic rings. The van der Waals surface area contributed by atoms with Gasteiger partial charge in [-0.25, -0.2) is 4.39 Å². The number of phenols is 1. The lowest BCUT2D eigenvalue weighted by Crippen LogP contribution is -1.91. The largest absolute Gasteiger partial charge is 0.506 e. The van der Waals surface area contributed by atoms with Gasteiger partial charge in [-0.3, -0.25) is 0 Å². The number of nitrogen functional groups attached to an aromatic ring is 1. The Morgan fingerprint density at radius 2 is 2.18 bits per heavy atom. The molecule has 0 saturated heterocycles. The average molecular weight is 157 g/mol. The van der Waals surface area contributed by atoms with Crippen molar-refractivity contribution in [1.82, 2.24) is 0 Å². The Labute approximate surface area is 63.2 Å². The van der Waals surface area contributed by atoms with Gasteiger partial charge in [0.05, 0.1) is 12.8 Å². The Bertz CT molecular complexity index is 275. The van der Waals surface area contributed by atoms with Crippen LogP contribution in [0.3, 0.4) is 0 Å². The molecule has 3 nitrogen and oxygen atoms in total. The van der Waals surface area contributed by atoms with Crippen LogP contribution in [-0.4, -0.2) is 12.2 Å². The molecule has 0 bridgehead atoms. The lowest BCUT2D eigenvalue weighted by atomic mass is 10.2. The second kappa shape index (κ2) is 2.65. The van der Waals surface area contributed by atoms with Gasteiger partial charge in [-0.05, 0) is 0 Å². The lowest BCUT2D eigenvalue weighted by Gasteiger charge is -2.03. The standard InChI is InChI=1S/C7H8FNO2/c1-11-7-3-5(9)6(10)2-4(7)8/h2-3,10H,9H2,1H3. The summed E-state index contributed by atoms with van der Waals surface area (Å²) in [4.78, 5) is 0. The topological polar surface area (TPSA) is 55.5 Å². The first-order chi connectivity index (χ1) is 5.15. The molecule has 0 unspecified atom stereocenters. The third kappa shape index (κ3) is 1.34. The van der Waals surface area contributed by atoms with Gasteiger partial charge in [0.15, 0.2) is 11.6 Å². The molecule has 4 heteroatoms. The zero-order valence-electron chi connectivity index (χ0n) is 5.97. The minimum Gasteiger partial charge on any atom is -0.506 e. The number of methoxy groups -OCH3 is 1. The fourth-order valence-corrected chi connectivity index (χ4v) is 0.715. The van der Waals surface area contributed by atoms with E-state index >= 15 is 0 Å². The molecule has 0 fully saturated rings. The number of anilines is 1. The fraction of sp³-hybridized carbons (Fsp3) is 0.143. The first-order valence-corrected chi connectivity index (χ1v) is 2.97. The van der Waals surface area contributed by atoms with Gasteiger partial charge in [-0.15, -0.1) is 0 Å². The van der Waals surface area contributed by atoms with E-state index < -0.39 is 5.82 Å². The maximum absolute atomic E-state index is 12.7. The van der Waals surface area contributed by atoms with Crippen molar-refractivity contribution < 1.29 is 14.2 Å². The van der Waals surface area contributed by atoms with Crippen molar-refractivity contribution in [2.24, 2.45) is 0 Å². The van der Waals surface area contributed by atoms with Crippen molar-refractivity contribution in [3.63, 3.8) is 0 Å². The number of phenolic OH excluding ortho intramolecular Hbond substituents is 1. The third-order valence-corrected chi connectivity index (χ3v) is 1.30. The van der Waals surface area contributed by atoms with Crippen LogP contribution >= 0.6 is 0 Å². The van der Waals surface area contributed by atoms with E-state index in [1.807, 2.05) is 0 Å². The van der Waals surface area contributed by atoms with Crippen molar-refractivity contribution in [2.75, 3.05) is 12.8 Å². The van der Waals surface area contributed by atoms with Crippen LogP contribution < -0.4 is 10.5 Å². The summed E-state index contributed by atoms with van der Waals surface area (Å²) < 4.78 is 17.3. The Kier molecular flexibility index (Phi) is 1.85. The van der Waals surface area contributed by atoms with Crippen molar-refractivity contribution >= 4 is 5.69 Å². The average Bonchev–Trinajstić information content (AvgIpc) is 1.97. The molecule has 0 radical (unpaired) electrons. The second-order valence-electron chi connectivity index (χ2n) is 2.05. The fourth-order valence-electron chi connectivity index (χ4n) is 0.715. The van der Waals surface area contributed by atoms with Crippen LogP contribution in [0.25, 0.3) is 0 Å². The molecule has 11 heavy (non-hydrogen) atoms. The van der Waals surface area contributed by atoms with E-state index in [4.69, 9.17) is 10.8 Å². The Morgan fingerprint density at radius 1 is 1.55 bits per heavy atom. The molecule has 0 aliphatic carbocycles. The molecule has 0 aliphatic heterocycles. The zero-order chi connectivity index (χ0) is 8.43. The van der Waals surface area contributed by atoms with Gasteiger partial charge in [-0.2, -0.15) is 0 Å². The van der Waals surface area contributed by atoms with Crippen molar-refractivity contribution in [3.8, 4) is 11.5 Å². The Morgan fingerprint density at radius 3 is 2.73 bits per heavy atom. The first kappa shape index (κ1) is 7.65. The molecule has 0 spiro atoms. The van der Waals surface area contributed by atoms with E-state index in [2.05, 4.69) is 4.74 Å². The summed E-state index contributed by atoms with van der Waals surface area (Å²) in [5.74, 6) is -0.872. The first-order valence-electron chi connectivity index (χ1n) is 2.97. The van der Waals surface area contributed by atoms with Crippen LogP contribution in [0.1, 0.15) is 0 Å². The normalized spacial score (nSPS) is 9.64. The monoisotopic (exact) mass is 157 g/mol. The van der Waals surface area contributed by atoms with Crippen LogP contribution in [0.2, 0.25) is 0 Å². The molecule has 0 amide bonds. The Hall–Kier alpha value is -1.45. The molecule has 0 atom stereocenters. The molecule has 3 N–H and O–H groups in total. The minimum absolute atomic E-state index is 0.0281. The maximum atomic E-state index is 12.7. The highest BCUT2D eigenvalue weighted by Crippen LogP contribution is 2.27. The molecule has 0 aromatic heterocycles. The van der Waals surface area contributed by atoms with E-state index in [-0.39, 0.29) is 17.2 Å². The van der Waals surface area contributed by atoms with Gasteiger partial charge in [0.25, 0.3) is 0 Å². The van der Waals surface area contributed by atoms with Crippen LogP contribution in [0.4, 0.5) is 10.1 Å². The van der Waals surface area contributed by atoms with E-state index in [0.29, 0.717) is 0 Å². The van der Waals surface area contributed by atoms with Crippen LogP contribution in [0.5, 0.6) is 11.5 Å². The second-order valence-corrected chi connectivity index (χ2v) is 2.05. The van der Waals surface area contributed by atoms with Crippen LogP contribution in [0, 0.1) is 5.82 Å². The molecule has 60 valence electrons. The van der Waals surface area contributed by atoms with Gasteiger partial charge in [-0.1, -0.05) is 0 Å². The van der Waals surface area contributed by atoms with Crippen molar-refractivity contribution in [1.29, 1.82) is 0 Å². The number of nitrogens with two attached hydrogens (primary N) is 1. The summed E-state index contributed by atoms with van der Waals surface area (Å²) in [6.07, 6.45) is 0. The third-order valence-electron chi connectivity index (χ3n) is 1.30. The highest BCUT2D eigenvalue weighted by Gasteiger charge is 2.05. The quantitative estimate of drug-likeness (QED) is 0.474. The van der Waals surface area contributed by atoms with Crippen molar-refractivity contribution in [2.45, 2.75) is 0 Å². The molecule has 0 heterocycles. The molecule has 1 aromatic carbocycles. The number of hydrogen-bond donors (Lipinski definition) is 2. The number of rotatable bonds is 1. The predicted molar refractivity (Wildman–Crippen MR) is 39.0 cm³/mol. The number of aromatic hydroxyl groups is 1. The van der Waals surface area contributed by atoms with Crippen LogP contribution in [0.15, 0.2) is 12.1 Å². The molecule has 1 rings (SSSR count). The highest BCUT2D eigenvalue weighted by atomic mass is 19.1. The van der Waals surface area contributed by atoms with Gasteiger partial charge in [0.1, 0.15) is 5.75 Å². The number of benzene rings is 1. The zero-order valence-corrected chi connectivity index (χ0v) is 5.97. The van der Waals surface area contributed by atoms with E-state index in [0.717, 1.165) is 6.07 Å². The summed E-state index contributed by atoms with van der Waals surface area (Å²) in [5.41, 5.74) is 5.37. The smallest absolute Gasteiger partial charge is 0.168 e. The summed E-state index contributed by atoms with van der Waals surface area (Å²) >= 11 is 0. The number of hydrogen-bond acceptors (Lipinski definition) is 3. The number of ether oxygens (including phenoxy) is 1. The van der Waals surface area contributed by atoms with Gasteiger partial charge in [0.2, 0.25) is 0 Å². The molecule has 0 saturated carbocycles. The predicted octanol–water partition coefficient (Wildman–Crippen LogP) is 1.12. The SMILES string of the molecule is COc1cc(N)c(O)cc1F.